The van der Waals surface area contributed by atoms with Gasteiger partial charge in [-0.05, 0) is 38.9 Å². The number of rotatable bonds is 5. The number of likely N-dealkylation sites (tertiary alicyclic amines) is 1. The van der Waals surface area contributed by atoms with Crippen LogP contribution in [0, 0.1) is 17.0 Å². The zero-order valence-corrected chi connectivity index (χ0v) is 11.3. The van der Waals surface area contributed by atoms with E-state index in [2.05, 4.69) is 15.2 Å². The first-order valence-electron chi connectivity index (χ1n) is 6.75. The van der Waals surface area contributed by atoms with E-state index in [1.165, 1.54) is 25.3 Å². The smallest absolute Gasteiger partial charge is 0.311 e. The van der Waals surface area contributed by atoms with Gasteiger partial charge in [0.25, 0.3) is 0 Å². The molecule has 0 bridgehead atoms. The number of pyridine rings is 1. The Kier molecular flexibility index (Phi) is 4.68. The van der Waals surface area contributed by atoms with Crippen LogP contribution >= 0.6 is 0 Å². The molecule has 104 valence electrons. The van der Waals surface area contributed by atoms with Gasteiger partial charge in [0.1, 0.15) is 0 Å². The molecule has 1 aromatic rings. The van der Waals surface area contributed by atoms with Crippen molar-refractivity contribution in [2.75, 3.05) is 31.5 Å². The summed E-state index contributed by atoms with van der Waals surface area (Å²) in [5, 5.41) is 14.0. The third kappa shape index (κ3) is 3.89. The number of nitrogens with one attached hydrogen (secondary N) is 1. The lowest BCUT2D eigenvalue weighted by Crippen LogP contribution is -2.33. The van der Waals surface area contributed by atoms with Crippen LogP contribution < -0.4 is 5.32 Å². The van der Waals surface area contributed by atoms with Gasteiger partial charge in [-0.1, -0.05) is 6.42 Å². The van der Waals surface area contributed by atoms with E-state index in [0.717, 1.165) is 25.3 Å². The van der Waals surface area contributed by atoms with Gasteiger partial charge in [-0.25, -0.2) is 4.98 Å². The van der Waals surface area contributed by atoms with Gasteiger partial charge in [-0.2, -0.15) is 0 Å². The Morgan fingerprint density at radius 3 is 2.79 bits per heavy atom. The average molecular weight is 264 g/mol. The van der Waals surface area contributed by atoms with E-state index in [4.69, 9.17) is 0 Å². The Hall–Kier alpha value is -1.69. The number of hydrogen-bond acceptors (Lipinski definition) is 5. The van der Waals surface area contributed by atoms with E-state index in [1.807, 2.05) is 6.92 Å². The van der Waals surface area contributed by atoms with Gasteiger partial charge in [0, 0.05) is 24.8 Å². The quantitative estimate of drug-likeness (QED) is 0.652. The van der Waals surface area contributed by atoms with Gasteiger partial charge < -0.3 is 10.2 Å². The molecule has 0 radical (unpaired) electrons. The van der Waals surface area contributed by atoms with Gasteiger partial charge in [-0.15, -0.1) is 0 Å². The number of hydrogen-bond donors (Lipinski definition) is 1. The van der Waals surface area contributed by atoms with Crippen LogP contribution in [-0.4, -0.2) is 41.0 Å². The zero-order valence-electron chi connectivity index (χ0n) is 11.3. The van der Waals surface area contributed by atoms with Crippen LogP contribution in [0.3, 0.4) is 0 Å². The Morgan fingerprint density at radius 2 is 2.11 bits per heavy atom. The van der Waals surface area contributed by atoms with Crippen molar-refractivity contribution in [2.45, 2.75) is 26.2 Å². The average Bonchev–Trinajstić information content (AvgIpc) is 2.39. The van der Waals surface area contributed by atoms with Crippen molar-refractivity contribution < 1.29 is 4.92 Å². The van der Waals surface area contributed by atoms with E-state index in [9.17, 15) is 10.1 Å². The first-order chi connectivity index (χ1) is 9.16. The molecule has 0 unspecified atom stereocenters. The van der Waals surface area contributed by atoms with Gasteiger partial charge in [0.2, 0.25) is 5.82 Å². The largest absolute Gasteiger partial charge is 0.363 e. The summed E-state index contributed by atoms with van der Waals surface area (Å²) < 4.78 is 0. The maximum atomic E-state index is 10.9. The Bertz CT molecular complexity index is 444. The van der Waals surface area contributed by atoms with Crippen molar-refractivity contribution in [1.82, 2.24) is 9.88 Å². The second-order valence-electron chi connectivity index (χ2n) is 4.91. The van der Waals surface area contributed by atoms with E-state index < -0.39 is 4.92 Å². The topological polar surface area (TPSA) is 71.3 Å². The number of nitro groups is 1. The number of nitrogens with zero attached hydrogens (tertiary/aromatic N) is 3. The van der Waals surface area contributed by atoms with E-state index in [1.54, 1.807) is 6.07 Å². The Labute approximate surface area is 113 Å². The van der Waals surface area contributed by atoms with Crippen molar-refractivity contribution in [3.8, 4) is 0 Å². The molecule has 1 saturated heterocycles. The van der Waals surface area contributed by atoms with Gasteiger partial charge in [0.05, 0.1) is 4.92 Å². The molecule has 19 heavy (non-hydrogen) atoms. The summed E-state index contributed by atoms with van der Waals surface area (Å²) in [7, 11) is 0. The molecule has 1 fully saturated rings. The maximum Gasteiger partial charge on any atom is 0.311 e. The third-order valence-electron chi connectivity index (χ3n) is 3.38. The molecule has 6 heteroatoms. The normalized spacial score (nSPS) is 16.3. The van der Waals surface area contributed by atoms with Crippen LogP contribution in [-0.2, 0) is 0 Å². The predicted octanol–water partition coefficient (Wildman–Crippen LogP) is 2.20. The monoisotopic (exact) mass is 264 g/mol. The van der Waals surface area contributed by atoms with Crippen molar-refractivity contribution in [3.05, 3.63) is 27.9 Å². The Balaban J connectivity index is 1.91. The molecule has 6 nitrogen and oxygen atoms in total. The summed E-state index contributed by atoms with van der Waals surface area (Å²) in [6, 6.07) is 3.17. The standard InChI is InChI=1S/C13H20N4O2/c1-11-5-6-12(17(18)19)13(15-11)14-7-10-16-8-3-2-4-9-16/h5-6H,2-4,7-10H2,1H3,(H,14,15). The molecule has 1 aliphatic heterocycles. The van der Waals surface area contributed by atoms with Gasteiger partial charge in [-0.3, -0.25) is 10.1 Å². The fraction of sp³-hybridized carbons (Fsp3) is 0.615. The third-order valence-corrected chi connectivity index (χ3v) is 3.38. The Morgan fingerprint density at radius 1 is 1.37 bits per heavy atom. The number of piperidine rings is 1. The number of aromatic nitrogens is 1. The molecule has 0 aliphatic carbocycles. The summed E-state index contributed by atoms with van der Waals surface area (Å²) in [6.07, 6.45) is 3.82. The van der Waals surface area contributed by atoms with Crippen molar-refractivity contribution in [2.24, 2.45) is 0 Å². The summed E-state index contributed by atoms with van der Waals surface area (Å²) >= 11 is 0. The number of anilines is 1. The van der Waals surface area contributed by atoms with Crippen molar-refractivity contribution >= 4 is 11.5 Å². The highest BCUT2D eigenvalue weighted by molar-refractivity contribution is 5.56. The minimum atomic E-state index is -0.393. The summed E-state index contributed by atoms with van der Waals surface area (Å²) in [5.41, 5.74) is 0.829. The van der Waals surface area contributed by atoms with Crippen molar-refractivity contribution in [3.63, 3.8) is 0 Å². The van der Waals surface area contributed by atoms with Crippen molar-refractivity contribution in [1.29, 1.82) is 0 Å². The molecule has 0 saturated carbocycles. The molecule has 0 spiro atoms. The SMILES string of the molecule is Cc1ccc([N+](=O)[O-])c(NCCN2CCCCC2)n1. The van der Waals surface area contributed by atoms with Crippen LogP contribution in [0.1, 0.15) is 25.0 Å². The summed E-state index contributed by atoms with van der Waals surface area (Å²) in [6.45, 7) is 5.69. The van der Waals surface area contributed by atoms with Gasteiger partial charge in [0.15, 0.2) is 0 Å². The van der Waals surface area contributed by atoms with Gasteiger partial charge >= 0.3 is 5.69 Å². The summed E-state index contributed by atoms with van der Waals surface area (Å²) in [4.78, 5) is 17.1. The van der Waals surface area contributed by atoms with E-state index in [0.29, 0.717) is 12.4 Å². The molecule has 0 amide bonds. The molecule has 2 rings (SSSR count). The molecule has 1 aliphatic rings. The van der Waals surface area contributed by atoms with Crippen LogP contribution in [0.2, 0.25) is 0 Å². The maximum absolute atomic E-state index is 10.9. The van der Waals surface area contributed by atoms with Crippen LogP contribution in [0.5, 0.6) is 0 Å². The highest BCUT2D eigenvalue weighted by atomic mass is 16.6. The minimum absolute atomic E-state index is 0.0456. The van der Waals surface area contributed by atoms with Crippen LogP contribution in [0.25, 0.3) is 0 Å². The molecule has 0 aromatic carbocycles. The molecular weight excluding hydrogens is 244 g/mol. The molecule has 2 heterocycles. The van der Waals surface area contributed by atoms with E-state index in [-0.39, 0.29) is 5.69 Å². The number of aryl methyl sites for hydroxylation is 1. The second-order valence-corrected chi connectivity index (χ2v) is 4.91. The predicted molar refractivity (Wildman–Crippen MR) is 74.4 cm³/mol. The van der Waals surface area contributed by atoms with E-state index >= 15 is 0 Å². The molecule has 1 aromatic heterocycles. The lowest BCUT2D eigenvalue weighted by Gasteiger charge is -2.26. The minimum Gasteiger partial charge on any atom is -0.363 e. The molecule has 1 N–H and O–H groups in total. The highest BCUT2D eigenvalue weighted by Crippen LogP contribution is 2.21. The molecular formula is C13H20N4O2. The van der Waals surface area contributed by atoms with Crippen LogP contribution in [0.4, 0.5) is 11.5 Å². The highest BCUT2D eigenvalue weighted by Gasteiger charge is 2.15. The summed E-state index contributed by atoms with van der Waals surface area (Å²) in [5.74, 6) is 0.377. The fourth-order valence-corrected chi connectivity index (χ4v) is 2.34. The first-order valence-corrected chi connectivity index (χ1v) is 6.75. The zero-order chi connectivity index (χ0) is 13.7. The second kappa shape index (κ2) is 6.47. The first kappa shape index (κ1) is 13.7. The molecule has 0 atom stereocenters. The lowest BCUT2D eigenvalue weighted by atomic mass is 10.1. The van der Waals surface area contributed by atoms with Crippen LogP contribution in [0.15, 0.2) is 12.1 Å². The lowest BCUT2D eigenvalue weighted by molar-refractivity contribution is -0.384. The fourth-order valence-electron chi connectivity index (χ4n) is 2.34.